The van der Waals surface area contributed by atoms with E-state index in [1.807, 2.05) is 0 Å². The molecule has 0 aliphatic carbocycles. The van der Waals surface area contributed by atoms with Gasteiger partial charge in [-0.05, 0) is 31.0 Å². The molecule has 3 rings (SSSR count). The van der Waals surface area contributed by atoms with Gasteiger partial charge in [0.2, 0.25) is 0 Å². The zero-order valence-electron chi connectivity index (χ0n) is 15.1. The first-order valence-corrected chi connectivity index (χ1v) is 9.22. The van der Waals surface area contributed by atoms with Crippen LogP contribution in [0, 0.1) is 0 Å². The van der Waals surface area contributed by atoms with E-state index in [9.17, 15) is 9.59 Å². The van der Waals surface area contributed by atoms with Crippen LogP contribution >= 0.6 is 11.6 Å². The monoisotopic (exact) mass is 388 g/mol. The number of hydrogen-bond acceptors (Lipinski definition) is 6. The molecule has 1 aromatic carbocycles. The Morgan fingerprint density at radius 1 is 1.11 bits per heavy atom. The van der Waals surface area contributed by atoms with E-state index in [1.54, 1.807) is 6.20 Å². The van der Waals surface area contributed by atoms with Gasteiger partial charge < -0.3 is 15.0 Å². The summed E-state index contributed by atoms with van der Waals surface area (Å²) in [6.45, 7) is 1.91. The molecule has 2 aromatic rings. The van der Waals surface area contributed by atoms with Gasteiger partial charge in [-0.25, -0.2) is 14.8 Å². The molecule has 0 saturated carbocycles. The van der Waals surface area contributed by atoms with Crippen molar-refractivity contribution in [3.8, 4) is 0 Å². The van der Waals surface area contributed by atoms with Gasteiger partial charge in [0.05, 0.1) is 35.8 Å². The summed E-state index contributed by atoms with van der Waals surface area (Å²) < 4.78 is 4.68. The van der Waals surface area contributed by atoms with E-state index in [0.29, 0.717) is 16.3 Å². The van der Waals surface area contributed by atoms with Crippen molar-refractivity contribution in [3.05, 3.63) is 46.9 Å². The molecule has 0 unspecified atom stereocenters. The summed E-state index contributed by atoms with van der Waals surface area (Å²) in [5, 5.41) is 2.97. The number of methoxy groups -OCH3 is 1. The molecule has 7 nitrogen and oxygen atoms in total. The first-order chi connectivity index (χ1) is 13.1. The number of carbonyl (C=O) groups is 2. The number of halogens is 1. The summed E-state index contributed by atoms with van der Waals surface area (Å²) in [7, 11) is 1.29. The van der Waals surface area contributed by atoms with Crippen molar-refractivity contribution >= 4 is 35.0 Å². The van der Waals surface area contributed by atoms with Crippen molar-refractivity contribution in [3.63, 3.8) is 0 Å². The third-order valence-electron chi connectivity index (χ3n) is 4.44. The van der Waals surface area contributed by atoms with Crippen molar-refractivity contribution in [2.75, 3.05) is 30.4 Å². The molecule has 142 valence electrons. The minimum absolute atomic E-state index is 0.174. The van der Waals surface area contributed by atoms with Gasteiger partial charge in [0.15, 0.2) is 0 Å². The van der Waals surface area contributed by atoms with Crippen LogP contribution < -0.4 is 10.2 Å². The Morgan fingerprint density at radius 2 is 1.85 bits per heavy atom. The number of rotatable bonds is 4. The van der Waals surface area contributed by atoms with Crippen LogP contribution in [0.15, 0.2) is 30.6 Å². The van der Waals surface area contributed by atoms with Gasteiger partial charge in [0.1, 0.15) is 11.5 Å². The van der Waals surface area contributed by atoms with E-state index in [-0.39, 0.29) is 5.69 Å². The Labute approximate surface area is 162 Å². The molecule has 2 heterocycles. The van der Waals surface area contributed by atoms with Crippen LogP contribution in [-0.2, 0) is 4.74 Å². The lowest BCUT2D eigenvalue weighted by Gasteiger charge is -2.20. The van der Waals surface area contributed by atoms with Gasteiger partial charge >= 0.3 is 5.97 Å². The van der Waals surface area contributed by atoms with E-state index >= 15 is 0 Å². The van der Waals surface area contributed by atoms with Gasteiger partial charge in [0, 0.05) is 13.1 Å². The molecule has 1 aliphatic rings. The predicted octanol–water partition coefficient (Wildman–Crippen LogP) is 3.55. The number of ether oxygens (including phenoxy) is 1. The summed E-state index contributed by atoms with van der Waals surface area (Å²) >= 11 is 6.11. The Balaban J connectivity index is 1.72. The van der Waals surface area contributed by atoms with Crippen LogP contribution in [0.3, 0.4) is 0 Å². The molecule has 1 saturated heterocycles. The minimum Gasteiger partial charge on any atom is -0.465 e. The first kappa shape index (κ1) is 19.1. The number of esters is 1. The first-order valence-electron chi connectivity index (χ1n) is 8.84. The van der Waals surface area contributed by atoms with E-state index < -0.39 is 11.9 Å². The second-order valence-electron chi connectivity index (χ2n) is 6.30. The Kier molecular flexibility index (Phi) is 6.24. The van der Waals surface area contributed by atoms with Crippen molar-refractivity contribution in [2.45, 2.75) is 25.7 Å². The van der Waals surface area contributed by atoms with Gasteiger partial charge in [-0.1, -0.05) is 24.4 Å². The number of carbonyl (C=O) groups excluding carboxylic acids is 2. The summed E-state index contributed by atoms with van der Waals surface area (Å²) in [5.41, 5.74) is 0.774. The molecule has 1 amide bonds. The molecule has 1 fully saturated rings. The topological polar surface area (TPSA) is 84.4 Å². The van der Waals surface area contributed by atoms with E-state index in [1.165, 1.54) is 44.3 Å². The van der Waals surface area contributed by atoms with Gasteiger partial charge in [-0.2, -0.15) is 0 Å². The molecular formula is C19H21ClN4O3. The Bertz CT molecular complexity index is 818. The third kappa shape index (κ3) is 4.74. The fourth-order valence-electron chi connectivity index (χ4n) is 2.95. The second kappa shape index (κ2) is 8.81. The molecule has 1 aromatic heterocycles. The van der Waals surface area contributed by atoms with Crippen LogP contribution in [0.25, 0.3) is 0 Å². The van der Waals surface area contributed by atoms with Gasteiger partial charge in [-0.15, -0.1) is 0 Å². The lowest BCUT2D eigenvalue weighted by atomic mass is 10.2. The lowest BCUT2D eigenvalue weighted by Crippen LogP contribution is -2.25. The summed E-state index contributed by atoms with van der Waals surface area (Å²) in [5.74, 6) is -0.184. The molecule has 8 heteroatoms. The normalized spacial score (nSPS) is 14.4. The number of benzene rings is 1. The summed E-state index contributed by atoms with van der Waals surface area (Å²) in [6, 6.07) is 4.52. The highest BCUT2D eigenvalue weighted by atomic mass is 35.5. The number of amides is 1. The Morgan fingerprint density at radius 3 is 2.48 bits per heavy atom. The maximum atomic E-state index is 12.5. The smallest absolute Gasteiger partial charge is 0.337 e. The third-order valence-corrected chi connectivity index (χ3v) is 4.77. The van der Waals surface area contributed by atoms with Crippen LogP contribution in [-0.4, -0.2) is 42.0 Å². The molecule has 0 radical (unpaired) electrons. The highest BCUT2D eigenvalue weighted by Crippen LogP contribution is 2.24. The average molecular weight is 389 g/mol. The molecule has 0 bridgehead atoms. The molecule has 1 aliphatic heterocycles. The van der Waals surface area contributed by atoms with E-state index in [4.69, 9.17) is 11.6 Å². The Hall–Kier alpha value is -2.67. The number of nitrogens with zero attached hydrogens (tertiary/aromatic N) is 3. The van der Waals surface area contributed by atoms with Crippen LogP contribution in [0.4, 0.5) is 11.5 Å². The second-order valence-corrected chi connectivity index (χ2v) is 6.71. The maximum Gasteiger partial charge on any atom is 0.337 e. The predicted molar refractivity (Wildman–Crippen MR) is 103 cm³/mol. The SMILES string of the molecule is COC(=O)c1ccc(Cl)c(NC(=O)c2cnc(N3CCCCCC3)cn2)c1. The van der Waals surface area contributed by atoms with Crippen LogP contribution in [0.5, 0.6) is 0 Å². The zero-order chi connectivity index (χ0) is 19.2. The number of aromatic nitrogens is 2. The molecule has 0 spiro atoms. The highest BCUT2D eigenvalue weighted by molar-refractivity contribution is 6.34. The summed E-state index contributed by atoms with van der Waals surface area (Å²) in [6.07, 6.45) is 7.81. The molecule has 1 N–H and O–H groups in total. The zero-order valence-corrected chi connectivity index (χ0v) is 15.8. The van der Waals surface area contributed by atoms with E-state index in [2.05, 4.69) is 24.9 Å². The number of anilines is 2. The fourth-order valence-corrected chi connectivity index (χ4v) is 3.12. The van der Waals surface area contributed by atoms with Crippen molar-refractivity contribution in [1.82, 2.24) is 9.97 Å². The van der Waals surface area contributed by atoms with Gasteiger partial charge in [-0.3, -0.25) is 4.79 Å². The quantitative estimate of drug-likeness (QED) is 0.806. The largest absolute Gasteiger partial charge is 0.465 e. The summed E-state index contributed by atoms with van der Waals surface area (Å²) in [4.78, 5) is 34.9. The van der Waals surface area contributed by atoms with Gasteiger partial charge in [0.25, 0.3) is 5.91 Å². The highest BCUT2D eigenvalue weighted by Gasteiger charge is 2.15. The van der Waals surface area contributed by atoms with Crippen molar-refractivity contribution in [2.24, 2.45) is 0 Å². The molecule has 0 atom stereocenters. The molecular weight excluding hydrogens is 368 g/mol. The fraction of sp³-hybridized carbons (Fsp3) is 0.368. The van der Waals surface area contributed by atoms with Crippen molar-refractivity contribution in [1.29, 1.82) is 0 Å². The van der Waals surface area contributed by atoms with Crippen LogP contribution in [0.1, 0.15) is 46.5 Å². The maximum absolute atomic E-state index is 12.5. The average Bonchev–Trinajstić information content (AvgIpc) is 2.98. The van der Waals surface area contributed by atoms with Crippen molar-refractivity contribution < 1.29 is 14.3 Å². The van der Waals surface area contributed by atoms with E-state index in [0.717, 1.165) is 31.7 Å². The minimum atomic E-state index is -0.510. The molecule has 27 heavy (non-hydrogen) atoms. The van der Waals surface area contributed by atoms with Crippen LogP contribution in [0.2, 0.25) is 5.02 Å². The lowest BCUT2D eigenvalue weighted by molar-refractivity contribution is 0.0600. The standard InChI is InChI=1S/C19H21ClN4O3/c1-27-19(26)13-6-7-14(20)15(10-13)23-18(25)16-11-22-17(12-21-16)24-8-4-2-3-5-9-24/h6-7,10-12H,2-5,8-9H2,1H3,(H,23,25). The number of hydrogen-bond donors (Lipinski definition) is 1. The number of nitrogens with one attached hydrogen (secondary N) is 1.